The third kappa shape index (κ3) is 10.8. The first-order chi connectivity index (χ1) is 11.8. The van der Waals surface area contributed by atoms with Gasteiger partial charge in [-0.1, -0.05) is 13.3 Å². The van der Waals surface area contributed by atoms with E-state index in [0.717, 1.165) is 45.0 Å². The number of aliphatic imine (C=N–C) groups is 1. The van der Waals surface area contributed by atoms with Crippen molar-refractivity contribution < 1.29 is 4.74 Å². The summed E-state index contributed by atoms with van der Waals surface area (Å²) in [6.07, 6.45) is 4.90. The van der Waals surface area contributed by atoms with E-state index >= 15 is 0 Å². The maximum Gasteiger partial charge on any atom is 0.191 e. The van der Waals surface area contributed by atoms with Crippen molar-refractivity contribution in [3.05, 3.63) is 23.9 Å². The first-order valence-corrected chi connectivity index (χ1v) is 8.43. The van der Waals surface area contributed by atoms with Crippen LogP contribution in [0.1, 0.15) is 31.7 Å². The molecule has 1 rings (SSSR count). The van der Waals surface area contributed by atoms with E-state index in [4.69, 9.17) is 10.00 Å². The summed E-state index contributed by atoms with van der Waals surface area (Å²) in [6.45, 7) is 5.90. The van der Waals surface area contributed by atoms with Gasteiger partial charge in [-0.2, -0.15) is 5.26 Å². The average molecular weight is 460 g/mol. The molecule has 140 valence electrons. The zero-order valence-electron chi connectivity index (χ0n) is 15.0. The van der Waals surface area contributed by atoms with Crippen molar-refractivity contribution in [1.29, 1.82) is 5.26 Å². The quantitative estimate of drug-likeness (QED) is 0.203. The standard InChI is InChI=1S/C17H28N6O.HI/c1-3-4-12-24-13-6-9-22-17(19-2)23-11-10-21-16-15(14-18)7-5-8-20-16;/h5,7-8H,3-4,6,9-13H2,1-2H3,(H,20,21)(H2,19,22,23);1H. The molecular formula is C17H29IN6O. The number of guanidine groups is 1. The number of hydrogen-bond donors (Lipinski definition) is 3. The summed E-state index contributed by atoms with van der Waals surface area (Å²) >= 11 is 0. The number of pyridine rings is 1. The molecule has 25 heavy (non-hydrogen) atoms. The third-order valence-electron chi connectivity index (χ3n) is 3.26. The number of unbranched alkanes of at least 4 members (excludes halogenated alkanes) is 1. The van der Waals surface area contributed by atoms with Crippen LogP contribution < -0.4 is 16.0 Å². The van der Waals surface area contributed by atoms with Crippen LogP contribution in [0.4, 0.5) is 5.82 Å². The van der Waals surface area contributed by atoms with Crippen LogP contribution in [0.3, 0.4) is 0 Å². The maximum atomic E-state index is 9.00. The second-order valence-electron chi connectivity index (χ2n) is 5.18. The molecule has 0 aliphatic heterocycles. The smallest absolute Gasteiger partial charge is 0.191 e. The van der Waals surface area contributed by atoms with Crippen molar-refractivity contribution >= 4 is 35.8 Å². The van der Waals surface area contributed by atoms with E-state index in [2.05, 4.69) is 38.9 Å². The number of aromatic nitrogens is 1. The molecule has 1 heterocycles. The Labute approximate surface area is 167 Å². The molecular weight excluding hydrogens is 431 g/mol. The van der Waals surface area contributed by atoms with Crippen molar-refractivity contribution in [2.45, 2.75) is 26.2 Å². The van der Waals surface area contributed by atoms with E-state index in [1.807, 2.05) is 0 Å². The average Bonchev–Trinajstić information content (AvgIpc) is 2.63. The van der Waals surface area contributed by atoms with Crippen LogP contribution >= 0.6 is 24.0 Å². The van der Waals surface area contributed by atoms with E-state index in [-0.39, 0.29) is 24.0 Å². The maximum absolute atomic E-state index is 9.00. The fourth-order valence-corrected chi connectivity index (χ4v) is 1.95. The Balaban J connectivity index is 0.00000576. The third-order valence-corrected chi connectivity index (χ3v) is 3.26. The lowest BCUT2D eigenvalue weighted by molar-refractivity contribution is 0.129. The van der Waals surface area contributed by atoms with Gasteiger partial charge in [-0.15, -0.1) is 24.0 Å². The molecule has 8 heteroatoms. The molecule has 1 aromatic rings. The molecule has 0 fully saturated rings. The van der Waals surface area contributed by atoms with Crippen LogP contribution in [0, 0.1) is 11.3 Å². The van der Waals surface area contributed by atoms with E-state index in [9.17, 15) is 0 Å². The van der Waals surface area contributed by atoms with Crippen molar-refractivity contribution in [2.75, 3.05) is 45.2 Å². The van der Waals surface area contributed by atoms with E-state index < -0.39 is 0 Å². The molecule has 0 bridgehead atoms. The number of nitrogens with one attached hydrogen (secondary N) is 3. The molecule has 0 aliphatic carbocycles. The zero-order chi connectivity index (χ0) is 17.5. The van der Waals surface area contributed by atoms with Gasteiger partial charge in [-0.3, -0.25) is 4.99 Å². The fraction of sp³-hybridized carbons (Fsp3) is 0.588. The van der Waals surface area contributed by atoms with Crippen LogP contribution in [0.15, 0.2) is 23.3 Å². The van der Waals surface area contributed by atoms with Crippen LogP contribution in [0.25, 0.3) is 0 Å². The lowest BCUT2D eigenvalue weighted by Gasteiger charge is -2.13. The van der Waals surface area contributed by atoms with Gasteiger partial charge in [0.15, 0.2) is 5.96 Å². The lowest BCUT2D eigenvalue weighted by atomic mass is 10.3. The molecule has 0 amide bonds. The Morgan fingerprint density at radius 1 is 1.24 bits per heavy atom. The molecule has 0 aromatic carbocycles. The van der Waals surface area contributed by atoms with E-state index in [0.29, 0.717) is 24.5 Å². The highest BCUT2D eigenvalue weighted by atomic mass is 127. The Morgan fingerprint density at radius 2 is 2.00 bits per heavy atom. The first kappa shape index (κ1) is 23.4. The van der Waals surface area contributed by atoms with Gasteiger partial charge >= 0.3 is 0 Å². The predicted molar refractivity (Wildman–Crippen MR) is 113 cm³/mol. The summed E-state index contributed by atoms with van der Waals surface area (Å²) in [5, 5.41) is 18.6. The molecule has 0 aliphatic rings. The first-order valence-electron chi connectivity index (χ1n) is 8.43. The van der Waals surface area contributed by atoms with Gasteiger partial charge in [0.1, 0.15) is 11.9 Å². The van der Waals surface area contributed by atoms with Gasteiger partial charge in [-0.25, -0.2) is 4.98 Å². The number of nitrogens with zero attached hydrogens (tertiary/aromatic N) is 3. The van der Waals surface area contributed by atoms with Gasteiger partial charge in [0.25, 0.3) is 0 Å². The minimum atomic E-state index is 0. The molecule has 7 nitrogen and oxygen atoms in total. The summed E-state index contributed by atoms with van der Waals surface area (Å²) < 4.78 is 5.52. The molecule has 0 spiro atoms. The van der Waals surface area contributed by atoms with Crippen LogP contribution in [-0.4, -0.2) is 50.8 Å². The molecule has 0 saturated heterocycles. The van der Waals surface area contributed by atoms with E-state index in [1.165, 1.54) is 0 Å². The van der Waals surface area contributed by atoms with Crippen molar-refractivity contribution in [2.24, 2.45) is 4.99 Å². The number of halogens is 1. The zero-order valence-corrected chi connectivity index (χ0v) is 17.4. The lowest BCUT2D eigenvalue weighted by Crippen LogP contribution is -2.40. The number of nitriles is 1. The summed E-state index contributed by atoms with van der Waals surface area (Å²) in [7, 11) is 1.74. The minimum Gasteiger partial charge on any atom is -0.381 e. The van der Waals surface area contributed by atoms with Crippen molar-refractivity contribution in [3.8, 4) is 6.07 Å². The van der Waals surface area contributed by atoms with Crippen molar-refractivity contribution in [1.82, 2.24) is 15.6 Å². The van der Waals surface area contributed by atoms with Crippen LogP contribution in [-0.2, 0) is 4.74 Å². The van der Waals surface area contributed by atoms with Crippen LogP contribution in [0.5, 0.6) is 0 Å². The SMILES string of the molecule is CCCCOCCCNC(=NC)NCCNc1ncccc1C#N.I. The Kier molecular flexibility index (Phi) is 14.9. The van der Waals surface area contributed by atoms with Gasteiger partial charge in [0, 0.05) is 46.1 Å². The van der Waals surface area contributed by atoms with Crippen LogP contribution in [0.2, 0.25) is 0 Å². The molecule has 0 saturated carbocycles. The molecule has 0 unspecified atom stereocenters. The highest BCUT2D eigenvalue weighted by Crippen LogP contribution is 2.08. The number of rotatable bonds is 11. The topological polar surface area (TPSA) is 94.4 Å². The summed E-state index contributed by atoms with van der Waals surface area (Å²) in [5.74, 6) is 1.36. The molecule has 3 N–H and O–H groups in total. The normalized spacial score (nSPS) is 10.5. The number of ether oxygens (including phenoxy) is 1. The highest BCUT2D eigenvalue weighted by molar-refractivity contribution is 14.0. The summed E-state index contributed by atoms with van der Waals surface area (Å²) in [4.78, 5) is 8.33. The van der Waals surface area contributed by atoms with E-state index in [1.54, 1.807) is 25.4 Å². The number of anilines is 1. The Bertz CT molecular complexity index is 532. The minimum absolute atomic E-state index is 0. The second-order valence-corrected chi connectivity index (χ2v) is 5.18. The largest absolute Gasteiger partial charge is 0.381 e. The van der Waals surface area contributed by atoms with Gasteiger partial charge in [0.05, 0.1) is 5.56 Å². The monoisotopic (exact) mass is 460 g/mol. The molecule has 0 radical (unpaired) electrons. The summed E-state index contributed by atoms with van der Waals surface area (Å²) in [6, 6.07) is 5.61. The van der Waals surface area contributed by atoms with Crippen molar-refractivity contribution in [3.63, 3.8) is 0 Å². The molecule has 1 aromatic heterocycles. The highest BCUT2D eigenvalue weighted by Gasteiger charge is 2.01. The van der Waals surface area contributed by atoms with Gasteiger partial charge < -0.3 is 20.7 Å². The van der Waals surface area contributed by atoms with Gasteiger partial charge in [-0.05, 0) is 25.0 Å². The van der Waals surface area contributed by atoms with Gasteiger partial charge in [0.2, 0.25) is 0 Å². The molecule has 0 atom stereocenters. The Hall–Kier alpha value is -1.60. The Morgan fingerprint density at radius 3 is 2.72 bits per heavy atom. The number of hydrogen-bond acceptors (Lipinski definition) is 5. The summed E-state index contributed by atoms with van der Waals surface area (Å²) in [5.41, 5.74) is 0.545. The predicted octanol–water partition coefficient (Wildman–Crippen LogP) is 2.35. The fourth-order valence-electron chi connectivity index (χ4n) is 1.95. The second kappa shape index (κ2) is 15.9.